The number of nitrogens with one attached hydrogen (secondary N) is 1. The number of carbonyl (C=O) groups is 2. The molecule has 2 amide bonds. The maximum Gasteiger partial charge on any atom is 0.320 e. The highest BCUT2D eigenvalue weighted by molar-refractivity contribution is 6.41. The molecule has 230 valence electrons. The number of anilines is 2. The van der Waals surface area contributed by atoms with E-state index in [-0.39, 0.29) is 17.1 Å². The lowest BCUT2D eigenvalue weighted by Gasteiger charge is -2.23. The summed E-state index contributed by atoms with van der Waals surface area (Å²) in [5, 5.41) is 3.93. The van der Waals surface area contributed by atoms with Crippen LogP contribution in [-0.2, 0) is 9.59 Å². The van der Waals surface area contributed by atoms with Crippen LogP contribution in [0, 0.1) is 11.7 Å². The third-order valence-corrected chi connectivity index (χ3v) is 7.35. The Morgan fingerprint density at radius 1 is 0.864 bits per heavy atom. The first-order valence-electron chi connectivity index (χ1n) is 14.0. The summed E-state index contributed by atoms with van der Waals surface area (Å²) in [4.78, 5) is 30.2. The first-order chi connectivity index (χ1) is 21.3. The second kappa shape index (κ2) is 13.5. The average Bonchev–Trinajstić information content (AvgIpc) is 3.05. The van der Waals surface area contributed by atoms with Crippen molar-refractivity contribution in [3.05, 3.63) is 66.6 Å². The monoisotopic (exact) mass is 604 g/mol. The van der Waals surface area contributed by atoms with Gasteiger partial charge in [0.1, 0.15) is 5.75 Å². The predicted octanol–water partition coefficient (Wildman–Crippen LogP) is 4.72. The van der Waals surface area contributed by atoms with Crippen molar-refractivity contribution in [3.8, 4) is 34.5 Å². The van der Waals surface area contributed by atoms with Gasteiger partial charge in [0.05, 0.1) is 44.8 Å². The molecule has 0 radical (unpaired) electrons. The summed E-state index contributed by atoms with van der Waals surface area (Å²) in [6.45, 7) is 2.51. The fraction of sp³-hybridized carbons (Fsp3) is 0.281. The number of hydrogen-bond donors (Lipinski definition) is 2. The number of rotatable bonds is 10. The SMILES string of the molecule is COc1ccc(N(C(=O)C(N)=O)c2ccc(Oc3ccnc4cc(OCC5CCNCC5)c(OC)cc34)c(F)c2)cc1OC. The molecule has 2 heterocycles. The minimum absolute atomic E-state index is 0.0441. The second-order valence-corrected chi connectivity index (χ2v) is 10.1. The third kappa shape index (κ3) is 6.45. The Morgan fingerprint density at radius 3 is 2.18 bits per heavy atom. The van der Waals surface area contributed by atoms with E-state index >= 15 is 4.39 Å². The molecule has 4 aromatic rings. The second-order valence-electron chi connectivity index (χ2n) is 10.1. The molecule has 1 saturated heterocycles. The van der Waals surface area contributed by atoms with Crippen molar-refractivity contribution in [1.29, 1.82) is 0 Å². The highest BCUT2D eigenvalue weighted by Crippen LogP contribution is 2.40. The highest BCUT2D eigenvalue weighted by Gasteiger charge is 2.25. The summed E-state index contributed by atoms with van der Waals surface area (Å²) in [5.74, 6) is -0.668. The Morgan fingerprint density at radius 2 is 1.52 bits per heavy atom. The molecule has 3 N–H and O–H groups in total. The topological polar surface area (TPSA) is 134 Å². The standard InChI is InChI=1S/C32H33FN4O7/c1-40-27-7-5-21(15-28(27)41-2)37(32(39)31(34)38)20-4-6-26(23(33)14-20)44-25-10-13-36-24-17-30(29(42-3)16-22(24)25)43-18-19-8-11-35-12-9-19/h4-7,10,13-17,19,35H,8-9,11-12,18H2,1-3H3,(H2,34,38). The predicted molar refractivity (Wildman–Crippen MR) is 162 cm³/mol. The number of ether oxygens (including phenoxy) is 5. The number of primary amides is 1. The van der Waals surface area contributed by atoms with Gasteiger partial charge in [-0.25, -0.2) is 4.39 Å². The van der Waals surface area contributed by atoms with Crippen LogP contribution in [0.15, 0.2) is 60.8 Å². The summed E-state index contributed by atoms with van der Waals surface area (Å²) in [7, 11) is 4.43. The number of carbonyl (C=O) groups excluding carboxylic acids is 2. The Kier molecular flexibility index (Phi) is 9.29. The molecule has 5 rings (SSSR count). The number of methoxy groups -OCH3 is 3. The summed E-state index contributed by atoms with van der Waals surface area (Å²) in [6.07, 6.45) is 3.63. The van der Waals surface area contributed by atoms with E-state index in [9.17, 15) is 9.59 Å². The lowest BCUT2D eigenvalue weighted by Crippen LogP contribution is -2.37. The van der Waals surface area contributed by atoms with Crippen molar-refractivity contribution in [1.82, 2.24) is 10.3 Å². The number of piperidine rings is 1. The number of aromatic nitrogens is 1. The fourth-order valence-corrected chi connectivity index (χ4v) is 5.03. The lowest BCUT2D eigenvalue weighted by molar-refractivity contribution is -0.135. The largest absolute Gasteiger partial charge is 0.493 e. The number of nitrogens with zero attached hydrogens (tertiary/aromatic N) is 2. The van der Waals surface area contributed by atoms with E-state index in [1.165, 1.54) is 38.5 Å². The first-order valence-corrected chi connectivity index (χ1v) is 14.0. The van der Waals surface area contributed by atoms with Crippen molar-refractivity contribution in [2.75, 3.05) is 45.9 Å². The van der Waals surface area contributed by atoms with Crippen LogP contribution < -0.4 is 39.6 Å². The van der Waals surface area contributed by atoms with Gasteiger partial charge in [-0.3, -0.25) is 19.5 Å². The molecule has 0 aliphatic carbocycles. The minimum Gasteiger partial charge on any atom is -0.493 e. The number of amides is 2. The molecule has 0 unspecified atom stereocenters. The van der Waals surface area contributed by atoms with Gasteiger partial charge in [-0.1, -0.05) is 0 Å². The van der Waals surface area contributed by atoms with Crippen LogP contribution >= 0.6 is 0 Å². The van der Waals surface area contributed by atoms with Crippen LogP contribution in [0.25, 0.3) is 10.9 Å². The normalized spacial score (nSPS) is 13.3. The molecule has 1 aromatic heterocycles. The van der Waals surface area contributed by atoms with E-state index in [1.807, 2.05) is 0 Å². The van der Waals surface area contributed by atoms with Crippen molar-refractivity contribution in [2.24, 2.45) is 11.7 Å². The van der Waals surface area contributed by atoms with Crippen LogP contribution in [0.4, 0.5) is 15.8 Å². The number of pyridine rings is 1. The Hall–Kier alpha value is -5.10. The van der Waals surface area contributed by atoms with E-state index in [4.69, 9.17) is 29.4 Å². The van der Waals surface area contributed by atoms with E-state index in [0.29, 0.717) is 52.2 Å². The number of fused-ring (bicyclic) bond motifs is 1. The van der Waals surface area contributed by atoms with E-state index < -0.39 is 17.6 Å². The van der Waals surface area contributed by atoms with Gasteiger partial charge in [0.25, 0.3) is 0 Å². The van der Waals surface area contributed by atoms with Gasteiger partial charge in [0.2, 0.25) is 0 Å². The molecular formula is C32H33FN4O7. The van der Waals surface area contributed by atoms with Crippen LogP contribution in [0.3, 0.4) is 0 Å². The molecule has 3 aromatic carbocycles. The molecule has 1 aliphatic rings. The van der Waals surface area contributed by atoms with Crippen molar-refractivity contribution in [2.45, 2.75) is 12.8 Å². The van der Waals surface area contributed by atoms with Gasteiger partial charge in [-0.05, 0) is 68.2 Å². The number of nitrogens with two attached hydrogens (primary N) is 1. The van der Waals surface area contributed by atoms with E-state index in [0.717, 1.165) is 36.9 Å². The van der Waals surface area contributed by atoms with Gasteiger partial charge in [0.15, 0.2) is 34.6 Å². The molecular weight excluding hydrogens is 571 g/mol. The van der Waals surface area contributed by atoms with Gasteiger partial charge in [-0.2, -0.15) is 0 Å². The molecule has 12 heteroatoms. The summed E-state index contributed by atoms with van der Waals surface area (Å²) >= 11 is 0. The number of hydrogen-bond acceptors (Lipinski definition) is 9. The maximum absolute atomic E-state index is 15.5. The zero-order valence-electron chi connectivity index (χ0n) is 24.6. The van der Waals surface area contributed by atoms with Gasteiger partial charge >= 0.3 is 11.8 Å². The molecule has 0 atom stereocenters. The van der Waals surface area contributed by atoms with Gasteiger partial charge in [0, 0.05) is 29.8 Å². The summed E-state index contributed by atoms with van der Waals surface area (Å²) in [6, 6.07) is 13.5. The quantitative estimate of drug-likeness (QED) is 0.247. The minimum atomic E-state index is -1.23. The number of benzene rings is 3. The molecule has 0 saturated carbocycles. The fourth-order valence-electron chi connectivity index (χ4n) is 5.03. The van der Waals surface area contributed by atoms with Gasteiger partial charge < -0.3 is 34.7 Å². The van der Waals surface area contributed by atoms with Crippen LogP contribution in [0.5, 0.6) is 34.5 Å². The van der Waals surface area contributed by atoms with Crippen molar-refractivity contribution >= 4 is 34.1 Å². The zero-order chi connectivity index (χ0) is 31.2. The Balaban J connectivity index is 1.43. The molecule has 0 spiro atoms. The molecule has 11 nitrogen and oxygen atoms in total. The molecule has 1 fully saturated rings. The van der Waals surface area contributed by atoms with Crippen LogP contribution in [0.2, 0.25) is 0 Å². The third-order valence-electron chi connectivity index (χ3n) is 7.35. The maximum atomic E-state index is 15.5. The molecule has 1 aliphatic heterocycles. The Labute approximate surface area is 253 Å². The smallest absolute Gasteiger partial charge is 0.320 e. The Bertz CT molecular complexity index is 1680. The van der Waals surface area contributed by atoms with Crippen LogP contribution in [0.1, 0.15) is 12.8 Å². The summed E-state index contributed by atoms with van der Waals surface area (Å²) in [5.41, 5.74) is 6.15. The first kappa shape index (κ1) is 30.4. The van der Waals surface area contributed by atoms with E-state index in [1.54, 1.807) is 37.6 Å². The van der Waals surface area contributed by atoms with Crippen molar-refractivity contribution < 1.29 is 37.7 Å². The lowest BCUT2D eigenvalue weighted by atomic mass is 9.99. The zero-order valence-corrected chi connectivity index (χ0v) is 24.6. The highest BCUT2D eigenvalue weighted by atomic mass is 19.1. The number of halogens is 1. The van der Waals surface area contributed by atoms with Crippen LogP contribution in [-0.4, -0.2) is 57.8 Å². The average molecular weight is 605 g/mol. The van der Waals surface area contributed by atoms with Crippen molar-refractivity contribution in [3.63, 3.8) is 0 Å². The van der Waals surface area contributed by atoms with E-state index in [2.05, 4.69) is 10.3 Å². The van der Waals surface area contributed by atoms with Gasteiger partial charge in [-0.15, -0.1) is 0 Å². The molecule has 44 heavy (non-hydrogen) atoms. The summed E-state index contributed by atoms with van der Waals surface area (Å²) < 4.78 is 43.8. The molecule has 0 bridgehead atoms.